The van der Waals surface area contributed by atoms with Crippen molar-refractivity contribution in [1.82, 2.24) is 4.90 Å². The summed E-state index contributed by atoms with van der Waals surface area (Å²) in [5, 5.41) is 0. The van der Waals surface area contributed by atoms with Gasteiger partial charge in [0.15, 0.2) is 0 Å². The maximum Gasteiger partial charge on any atom is 0.420 e. The van der Waals surface area contributed by atoms with Crippen molar-refractivity contribution in [3.8, 4) is 5.75 Å². The molecule has 2 aromatic carbocycles. The molecule has 0 aliphatic carbocycles. The molecule has 0 saturated carbocycles. The van der Waals surface area contributed by atoms with Gasteiger partial charge in [0, 0.05) is 6.20 Å². The first-order valence-corrected chi connectivity index (χ1v) is 6.80. The summed E-state index contributed by atoms with van der Waals surface area (Å²) in [6, 6.07) is 18.8. The molecule has 0 N–H and O–H groups in total. The minimum atomic E-state index is -0.393. The fourth-order valence-corrected chi connectivity index (χ4v) is 2.24. The molecule has 1 aliphatic rings. The molecule has 0 aromatic heterocycles. The summed E-state index contributed by atoms with van der Waals surface area (Å²) >= 11 is 0. The van der Waals surface area contributed by atoms with Crippen LogP contribution in [-0.2, 0) is 0 Å². The second-order valence-corrected chi connectivity index (χ2v) is 4.67. The van der Waals surface area contributed by atoms with Gasteiger partial charge in [-0.3, -0.25) is 4.90 Å². The summed E-state index contributed by atoms with van der Waals surface area (Å²) in [4.78, 5) is 14.0. The molecule has 0 radical (unpaired) electrons. The summed E-state index contributed by atoms with van der Waals surface area (Å²) in [5.74, 6) is 0.539. The molecule has 0 bridgehead atoms. The minimum absolute atomic E-state index is 0.146. The topological polar surface area (TPSA) is 29.5 Å². The quantitative estimate of drug-likeness (QED) is 0.818. The SMILES string of the molecule is O=C(Oc1ccccc1)N1C=CC=CC1c1ccccc1. The first-order chi connectivity index (χ1) is 10.3. The third-order valence-corrected chi connectivity index (χ3v) is 3.25. The van der Waals surface area contributed by atoms with E-state index in [-0.39, 0.29) is 6.04 Å². The van der Waals surface area contributed by atoms with Crippen molar-refractivity contribution >= 4 is 6.09 Å². The molecule has 21 heavy (non-hydrogen) atoms. The van der Waals surface area contributed by atoms with Crippen molar-refractivity contribution in [3.05, 3.63) is 90.7 Å². The van der Waals surface area contributed by atoms with E-state index < -0.39 is 6.09 Å². The number of carbonyl (C=O) groups is 1. The molecular weight excluding hydrogens is 262 g/mol. The number of benzene rings is 2. The molecule has 1 atom stereocenters. The number of ether oxygens (including phenoxy) is 1. The Kier molecular flexibility index (Phi) is 3.83. The lowest BCUT2D eigenvalue weighted by molar-refractivity contribution is 0.161. The second kappa shape index (κ2) is 6.09. The average Bonchev–Trinajstić information content (AvgIpc) is 2.56. The molecule has 104 valence electrons. The van der Waals surface area contributed by atoms with E-state index in [2.05, 4.69) is 0 Å². The molecule has 1 heterocycles. The molecule has 1 amide bonds. The summed E-state index contributed by atoms with van der Waals surface area (Å²) in [7, 11) is 0. The van der Waals surface area contributed by atoms with Crippen molar-refractivity contribution in [1.29, 1.82) is 0 Å². The second-order valence-electron chi connectivity index (χ2n) is 4.67. The number of amides is 1. The summed E-state index contributed by atoms with van der Waals surface area (Å²) in [6.07, 6.45) is 7.08. The minimum Gasteiger partial charge on any atom is -0.410 e. The van der Waals surface area contributed by atoms with Gasteiger partial charge in [-0.2, -0.15) is 0 Å². The number of nitrogens with zero attached hydrogens (tertiary/aromatic N) is 1. The lowest BCUT2D eigenvalue weighted by Gasteiger charge is -2.27. The van der Waals surface area contributed by atoms with Crippen molar-refractivity contribution in [2.24, 2.45) is 0 Å². The highest BCUT2D eigenvalue weighted by atomic mass is 16.6. The van der Waals surface area contributed by atoms with Crippen LogP contribution in [0.4, 0.5) is 4.79 Å². The van der Waals surface area contributed by atoms with E-state index in [9.17, 15) is 4.79 Å². The number of allylic oxidation sites excluding steroid dienone is 2. The fourth-order valence-electron chi connectivity index (χ4n) is 2.24. The summed E-state index contributed by atoms with van der Waals surface area (Å²) in [6.45, 7) is 0. The average molecular weight is 277 g/mol. The Morgan fingerprint density at radius 2 is 1.57 bits per heavy atom. The molecular formula is C18H15NO2. The highest BCUT2D eigenvalue weighted by Gasteiger charge is 2.24. The van der Waals surface area contributed by atoms with Crippen LogP contribution >= 0.6 is 0 Å². The van der Waals surface area contributed by atoms with Crippen molar-refractivity contribution in [3.63, 3.8) is 0 Å². The van der Waals surface area contributed by atoms with Gasteiger partial charge in [0.1, 0.15) is 5.75 Å². The summed E-state index contributed by atoms with van der Waals surface area (Å²) in [5.41, 5.74) is 1.04. The Labute approximate surface area is 123 Å². The van der Waals surface area contributed by atoms with Crippen LogP contribution in [0.1, 0.15) is 11.6 Å². The van der Waals surface area contributed by atoms with E-state index in [4.69, 9.17) is 4.74 Å². The number of hydrogen-bond donors (Lipinski definition) is 0. The molecule has 0 spiro atoms. The molecule has 3 nitrogen and oxygen atoms in total. The van der Waals surface area contributed by atoms with Crippen LogP contribution in [0.2, 0.25) is 0 Å². The molecule has 0 saturated heterocycles. The third-order valence-electron chi connectivity index (χ3n) is 3.25. The number of para-hydroxylation sites is 1. The Morgan fingerprint density at radius 1 is 0.905 bits per heavy atom. The van der Waals surface area contributed by atoms with E-state index in [1.165, 1.54) is 0 Å². The van der Waals surface area contributed by atoms with Gasteiger partial charge in [0.25, 0.3) is 0 Å². The largest absolute Gasteiger partial charge is 0.420 e. The first-order valence-electron chi connectivity index (χ1n) is 6.80. The number of hydrogen-bond acceptors (Lipinski definition) is 2. The first kappa shape index (κ1) is 13.2. The van der Waals surface area contributed by atoms with Crippen LogP contribution in [0.25, 0.3) is 0 Å². The van der Waals surface area contributed by atoms with E-state index in [0.717, 1.165) is 5.56 Å². The van der Waals surface area contributed by atoms with Crippen LogP contribution in [0, 0.1) is 0 Å². The Balaban J connectivity index is 1.81. The van der Waals surface area contributed by atoms with Gasteiger partial charge in [0.05, 0.1) is 6.04 Å². The van der Waals surface area contributed by atoms with Gasteiger partial charge in [-0.1, -0.05) is 60.7 Å². The standard InChI is InChI=1S/C18H15NO2/c20-18(21-16-11-5-2-6-12-16)19-14-8-7-13-17(19)15-9-3-1-4-10-15/h1-14,17H. The zero-order valence-corrected chi connectivity index (χ0v) is 11.4. The fraction of sp³-hybridized carbons (Fsp3) is 0.0556. The van der Waals surface area contributed by atoms with Gasteiger partial charge in [-0.05, 0) is 23.8 Å². The van der Waals surface area contributed by atoms with Gasteiger partial charge in [0.2, 0.25) is 0 Å². The van der Waals surface area contributed by atoms with E-state index in [1.54, 1.807) is 23.2 Å². The van der Waals surface area contributed by atoms with Crippen LogP contribution in [0.15, 0.2) is 85.1 Å². The van der Waals surface area contributed by atoms with Crippen LogP contribution in [-0.4, -0.2) is 11.0 Å². The maximum absolute atomic E-state index is 12.4. The molecule has 0 fully saturated rings. The Morgan fingerprint density at radius 3 is 2.29 bits per heavy atom. The van der Waals surface area contributed by atoms with Gasteiger partial charge in [-0.25, -0.2) is 4.79 Å². The van der Waals surface area contributed by atoms with E-state index in [1.807, 2.05) is 66.8 Å². The normalized spacial score (nSPS) is 16.8. The predicted molar refractivity (Wildman–Crippen MR) is 81.8 cm³/mol. The number of rotatable bonds is 2. The van der Waals surface area contributed by atoms with Crippen molar-refractivity contribution < 1.29 is 9.53 Å². The van der Waals surface area contributed by atoms with Crippen LogP contribution in [0.5, 0.6) is 5.75 Å². The van der Waals surface area contributed by atoms with Crippen molar-refractivity contribution in [2.75, 3.05) is 0 Å². The molecule has 3 rings (SSSR count). The maximum atomic E-state index is 12.4. The van der Waals surface area contributed by atoms with E-state index >= 15 is 0 Å². The zero-order chi connectivity index (χ0) is 14.5. The zero-order valence-electron chi connectivity index (χ0n) is 11.4. The highest BCUT2D eigenvalue weighted by Crippen LogP contribution is 2.26. The molecule has 1 aliphatic heterocycles. The smallest absolute Gasteiger partial charge is 0.410 e. The molecule has 1 unspecified atom stereocenters. The monoisotopic (exact) mass is 277 g/mol. The molecule has 3 heteroatoms. The van der Waals surface area contributed by atoms with E-state index in [0.29, 0.717) is 5.75 Å². The van der Waals surface area contributed by atoms with Crippen molar-refractivity contribution in [2.45, 2.75) is 6.04 Å². The Bertz CT molecular complexity index is 662. The van der Waals surface area contributed by atoms with Crippen LogP contribution in [0.3, 0.4) is 0 Å². The van der Waals surface area contributed by atoms with Gasteiger partial charge in [-0.15, -0.1) is 0 Å². The predicted octanol–water partition coefficient (Wildman–Crippen LogP) is 4.31. The lowest BCUT2D eigenvalue weighted by Crippen LogP contribution is -2.32. The molecule has 2 aromatic rings. The van der Waals surface area contributed by atoms with Gasteiger partial charge >= 0.3 is 6.09 Å². The van der Waals surface area contributed by atoms with Crippen LogP contribution < -0.4 is 4.74 Å². The third kappa shape index (κ3) is 3.03. The highest BCUT2D eigenvalue weighted by molar-refractivity contribution is 5.73. The number of carbonyl (C=O) groups excluding carboxylic acids is 1. The lowest BCUT2D eigenvalue weighted by atomic mass is 10.0. The Hall–Kier alpha value is -2.81. The van der Waals surface area contributed by atoms with Gasteiger partial charge < -0.3 is 4.74 Å². The summed E-state index contributed by atoms with van der Waals surface area (Å²) < 4.78 is 5.41.